The van der Waals surface area contributed by atoms with Gasteiger partial charge in [-0.1, -0.05) is 55.3 Å². The Labute approximate surface area is 140 Å². The van der Waals surface area contributed by atoms with Crippen molar-refractivity contribution in [1.29, 1.82) is 0 Å². The van der Waals surface area contributed by atoms with Gasteiger partial charge in [-0.25, -0.2) is 9.97 Å². The van der Waals surface area contributed by atoms with Crippen LogP contribution in [0.15, 0.2) is 60.8 Å². The summed E-state index contributed by atoms with van der Waals surface area (Å²) in [5, 5.41) is 0.402. The lowest BCUT2D eigenvalue weighted by molar-refractivity contribution is 0.481. The van der Waals surface area contributed by atoms with Gasteiger partial charge in [0.05, 0.1) is 0 Å². The molecule has 3 nitrogen and oxygen atoms in total. The third kappa shape index (κ3) is 3.88. The number of ether oxygens (including phenoxy) is 1. The molecule has 0 unspecified atom stereocenters. The molecule has 0 radical (unpaired) electrons. The third-order valence-corrected chi connectivity index (χ3v) is 3.60. The number of hydrogen-bond donors (Lipinski definition) is 0. The summed E-state index contributed by atoms with van der Waals surface area (Å²) in [5.41, 5.74) is 2.93. The second-order valence-corrected chi connectivity index (χ2v) is 5.57. The van der Waals surface area contributed by atoms with E-state index in [1.165, 1.54) is 0 Å². The lowest BCUT2D eigenvalue weighted by Crippen LogP contribution is -1.96. The first-order chi connectivity index (χ1) is 11.3. The van der Waals surface area contributed by atoms with Crippen LogP contribution < -0.4 is 4.74 Å². The Bertz CT molecular complexity index is 790. The first-order valence-electron chi connectivity index (χ1n) is 7.61. The Balaban J connectivity index is 2.01. The van der Waals surface area contributed by atoms with Crippen LogP contribution in [0.5, 0.6) is 11.5 Å². The van der Waals surface area contributed by atoms with Crippen molar-refractivity contribution < 1.29 is 4.74 Å². The van der Waals surface area contributed by atoms with Crippen LogP contribution in [0.2, 0.25) is 5.15 Å². The summed E-state index contributed by atoms with van der Waals surface area (Å²) in [6.07, 6.45) is 3.63. The zero-order chi connectivity index (χ0) is 16.1. The summed E-state index contributed by atoms with van der Waals surface area (Å²) in [6, 6.07) is 17.5. The van der Waals surface area contributed by atoms with Crippen LogP contribution in [0.3, 0.4) is 0 Å². The van der Waals surface area contributed by atoms with Gasteiger partial charge in [-0.15, -0.1) is 0 Å². The fourth-order valence-electron chi connectivity index (χ4n) is 2.34. The molecule has 0 atom stereocenters. The molecular weight excluding hydrogens is 308 g/mol. The molecule has 2 heterocycles. The minimum absolute atomic E-state index is 0.402. The molecular formula is C19H17ClN2O. The van der Waals surface area contributed by atoms with Crippen LogP contribution in [0.25, 0.3) is 11.3 Å². The average Bonchev–Trinajstić information content (AvgIpc) is 2.57. The van der Waals surface area contributed by atoms with Gasteiger partial charge in [0.1, 0.15) is 16.6 Å². The second kappa shape index (κ2) is 7.25. The highest BCUT2D eigenvalue weighted by atomic mass is 35.5. The van der Waals surface area contributed by atoms with Crippen molar-refractivity contribution in [2.24, 2.45) is 0 Å². The van der Waals surface area contributed by atoms with Crippen LogP contribution in [0, 0.1) is 0 Å². The zero-order valence-corrected chi connectivity index (χ0v) is 13.6. The molecule has 1 aromatic carbocycles. The van der Waals surface area contributed by atoms with E-state index in [0.717, 1.165) is 29.8 Å². The summed E-state index contributed by atoms with van der Waals surface area (Å²) >= 11 is 5.93. The molecule has 116 valence electrons. The van der Waals surface area contributed by atoms with Gasteiger partial charge >= 0.3 is 0 Å². The smallest absolute Gasteiger partial charge is 0.153 e. The zero-order valence-electron chi connectivity index (χ0n) is 12.9. The van der Waals surface area contributed by atoms with E-state index in [0.29, 0.717) is 16.7 Å². The lowest BCUT2D eigenvalue weighted by Gasteiger charge is -2.12. The Kier molecular flexibility index (Phi) is 4.89. The van der Waals surface area contributed by atoms with Crippen LogP contribution in [0.4, 0.5) is 0 Å². The molecule has 2 aromatic heterocycles. The Morgan fingerprint density at radius 2 is 1.87 bits per heavy atom. The minimum atomic E-state index is 0.402. The van der Waals surface area contributed by atoms with Crippen molar-refractivity contribution in [2.75, 3.05) is 0 Å². The van der Waals surface area contributed by atoms with Gasteiger partial charge in [-0.05, 0) is 24.6 Å². The van der Waals surface area contributed by atoms with Crippen molar-refractivity contribution in [2.45, 2.75) is 19.8 Å². The maximum Gasteiger partial charge on any atom is 0.153 e. The quantitative estimate of drug-likeness (QED) is 0.578. The van der Waals surface area contributed by atoms with Crippen LogP contribution in [-0.4, -0.2) is 9.97 Å². The van der Waals surface area contributed by atoms with Gasteiger partial charge in [-0.3, -0.25) is 0 Å². The van der Waals surface area contributed by atoms with Crippen molar-refractivity contribution in [3.8, 4) is 22.8 Å². The number of hydrogen-bond acceptors (Lipinski definition) is 3. The number of aromatic nitrogens is 2. The van der Waals surface area contributed by atoms with Crippen molar-refractivity contribution in [1.82, 2.24) is 9.97 Å². The molecule has 0 aliphatic heterocycles. The Morgan fingerprint density at radius 1 is 1.04 bits per heavy atom. The summed E-state index contributed by atoms with van der Waals surface area (Å²) < 4.78 is 5.99. The average molecular weight is 325 g/mol. The first kappa shape index (κ1) is 15.5. The maximum atomic E-state index is 5.99. The molecule has 3 aromatic rings. The first-order valence-corrected chi connectivity index (χ1v) is 7.99. The highest BCUT2D eigenvalue weighted by Crippen LogP contribution is 2.32. The van der Waals surface area contributed by atoms with E-state index in [2.05, 4.69) is 11.9 Å². The molecule has 0 N–H and O–H groups in total. The van der Waals surface area contributed by atoms with Gasteiger partial charge in [0.15, 0.2) is 5.75 Å². The predicted molar refractivity (Wildman–Crippen MR) is 93.0 cm³/mol. The van der Waals surface area contributed by atoms with E-state index < -0.39 is 0 Å². The molecule has 0 saturated heterocycles. The van der Waals surface area contributed by atoms with E-state index in [1.807, 2.05) is 42.5 Å². The lowest BCUT2D eigenvalue weighted by atomic mass is 10.1. The Morgan fingerprint density at radius 3 is 2.61 bits per heavy atom. The van der Waals surface area contributed by atoms with Crippen LogP contribution >= 0.6 is 11.6 Å². The summed E-state index contributed by atoms with van der Waals surface area (Å²) in [4.78, 5) is 8.75. The summed E-state index contributed by atoms with van der Waals surface area (Å²) in [7, 11) is 0. The molecule has 0 spiro atoms. The maximum absolute atomic E-state index is 5.99. The van der Waals surface area contributed by atoms with Gasteiger partial charge in [0.2, 0.25) is 0 Å². The molecule has 0 aliphatic rings. The van der Waals surface area contributed by atoms with E-state index in [1.54, 1.807) is 18.3 Å². The molecule has 4 heteroatoms. The van der Waals surface area contributed by atoms with E-state index in [9.17, 15) is 0 Å². The second-order valence-electron chi connectivity index (χ2n) is 5.18. The number of benzene rings is 1. The third-order valence-electron chi connectivity index (χ3n) is 3.40. The topological polar surface area (TPSA) is 35.0 Å². The molecule has 23 heavy (non-hydrogen) atoms. The number of halogens is 1. The largest absolute Gasteiger partial charge is 0.455 e. The SMILES string of the molecule is CCCc1ccc(Oc2ccnc(Cl)c2)c(-c2ccccc2)n1. The molecule has 0 amide bonds. The van der Waals surface area contributed by atoms with Gasteiger partial charge in [-0.2, -0.15) is 0 Å². The number of nitrogens with zero attached hydrogens (tertiary/aromatic N) is 2. The summed E-state index contributed by atoms with van der Waals surface area (Å²) in [5.74, 6) is 1.35. The highest BCUT2D eigenvalue weighted by Gasteiger charge is 2.11. The molecule has 0 fully saturated rings. The fraction of sp³-hybridized carbons (Fsp3) is 0.158. The van der Waals surface area contributed by atoms with E-state index in [4.69, 9.17) is 21.3 Å². The van der Waals surface area contributed by atoms with Gasteiger partial charge in [0, 0.05) is 23.5 Å². The molecule has 0 aliphatic carbocycles. The van der Waals surface area contributed by atoms with Crippen molar-refractivity contribution in [3.63, 3.8) is 0 Å². The number of rotatable bonds is 5. The van der Waals surface area contributed by atoms with Crippen LogP contribution in [0.1, 0.15) is 19.0 Å². The standard InChI is InChI=1S/C19H17ClN2O/c1-2-6-15-9-10-17(23-16-11-12-21-18(20)13-16)19(22-15)14-7-4-3-5-8-14/h3-5,7-13H,2,6H2,1H3. The van der Waals surface area contributed by atoms with E-state index in [-0.39, 0.29) is 0 Å². The monoisotopic (exact) mass is 324 g/mol. The van der Waals surface area contributed by atoms with Crippen molar-refractivity contribution in [3.05, 3.63) is 71.6 Å². The van der Waals surface area contributed by atoms with Gasteiger partial charge in [0.25, 0.3) is 0 Å². The normalized spacial score (nSPS) is 10.5. The van der Waals surface area contributed by atoms with Crippen molar-refractivity contribution >= 4 is 11.6 Å². The molecule has 0 saturated carbocycles. The van der Waals surface area contributed by atoms with E-state index >= 15 is 0 Å². The highest BCUT2D eigenvalue weighted by molar-refractivity contribution is 6.29. The fourth-order valence-corrected chi connectivity index (χ4v) is 2.51. The Hall–Kier alpha value is -2.39. The predicted octanol–water partition coefficient (Wildman–Crippen LogP) is 5.54. The number of pyridine rings is 2. The van der Waals surface area contributed by atoms with Crippen LogP contribution in [-0.2, 0) is 6.42 Å². The minimum Gasteiger partial charge on any atom is -0.455 e. The molecule has 0 bridgehead atoms. The molecule has 3 rings (SSSR count). The van der Waals surface area contributed by atoms with Gasteiger partial charge < -0.3 is 4.74 Å². The number of aryl methyl sites for hydroxylation is 1. The summed E-state index contributed by atoms with van der Waals surface area (Å²) in [6.45, 7) is 2.15.